The van der Waals surface area contributed by atoms with Gasteiger partial charge in [-0.1, -0.05) is 13.0 Å². The maximum absolute atomic E-state index is 11.2. The molecule has 2 N–H and O–H groups in total. The molecule has 0 spiro atoms. The normalized spacial score (nSPS) is 10.2. The van der Waals surface area contributed by atoms with E-state index in [4.69, 9.17) is 0 Å². The summed E-state index contributed by atoms with van der Waals surface area (Å²) in [6.45, 7) is 4.49. The van der Waals surface area contributed by atoms with Crippen LogP contribution in [-0.4, -0.2) is 24.0 Å². The highest BCUT2D eigenvalue weighted by atomic mass is 16.1. The van der Waals surface area contributed by atoms with Gasteiger partial charge in [0.2, 0.25) is 5.91 Å². The molecule has 0 radical (unpaired) electrons. The molecule has 0 bridgehead atoms. The number of nitrogens with zero attached hydrogens (tertiary/aromatic N) is 1. The minimum Gasteiger partial charge on any atom is -0.356 e. The van der Waals surface area contributed by atoms with Gasteiger partial charge in [-0.25, -0.2) is 0 Å². The minimum absolute atomic E-state index is 0.153. The van der Waals surface area contributed by atoms with Crippen molar-refractivity contribution in [2.75, 3.05) is 13.1 Å². The molecule has 0 atom stereocenters. The molecule has 4 heteroatoms. The van der Waals surface area contributed by atoms with Gasteiger partial charge < -0.3 is 10.6 Å². The molecule has 0 unspecified atom stereocenters. The third-order valence-corrected chi connectivity index (χ3v) is 2.38. The Hall–Kier alpha value is -1.42. The van der Waals surface area contributed by atoms with E-state index in [0.717, 1.165) is 32.5 Å². The van der Waals surface area contributed by atoms with Crippen LogP contribution in [0.4, 0.5) is 0 Å². The number of amides is 1. The van der Waals surface area contributed by atoms with Gasteiger partial charge in [0, 0.05) is 31.9 Å². The molecule has 1 heterocycles. The fourth-order valence-corrected chi connectivity index (χ4v) is 1.49. The van der Waals surface area contributed by atoms with Crippen molar-refractivity contribution in [1.82, 2.24) is 15.6 Å². The molecule has 0 saturated carbocycles. The lowest BCUT2D eigenvalue weighted by Crippen LogP contribution is -2.26. The van der Waals surface area contributed by atoms with Gasteiger partial charge in [-0.05, 0) is 31.0 Å². The van der Waals surface area contributed by atoms with Crippen molar-refractivity contribution in [2.45, 2.75) is 32.7 Å². The average Bonchev–Trinajstić information content (AvgIpc) is 2.35. The van der Waals surface area contributed by atoms with E-state index < -0.39 is 0 Å². The number of pyridine rings is 1. The maximum atomic E-state index is 11.2. The Kier molecular flexibility index (Phi) is 6.98. The van der Waals surface area contributed by atoms with Gasteiger partial charge in [0.1, 0.15) is 0 Å². The van der Waals surface area contributed by atoms with E-state index in [1.807, 2.05) is 25.3 Å². The van der Waals surface area contributed by atoms with Crippen molar-refractivity contribution in [3.8, 4) is 0 Å². The molecule has 0 aromatic carbocycles. The SMILES string of the molecule is CCCC(=O)NCCCNCc1cccnc1. The van der Waals surface area contributed by atoms with E-state index >= 15 is 0 Å². The molecule has 0 aliphatic heterocycles. The van der Waals surface area contributed by atoms with Gasteiger partial charge in [-0.2, -0.15) is 0 Å². The van der Waals surface area contributed by atoms with Crippen molar-refractivity contribution in [3.05, 3.63) is 30.1 Å². The van der Waals surface area contributed by atoms with E-state index in [2.05, 4.69) is 15.6 Å². The van der Waals surface area contributed by atoms with Crippen LogP contribution in [0, 0.1) is 0 Å². The number of hydrogen-bond acceptors (Lipinski definition) is 3. The van der Waals surface area contributed by atoms with Crippen LogP contribution in [0.5, 0.6) is 0 Å². The molecule has 94 valence electrons. The van der Waals surface area contributed by atoms with Crippen LogP contribution < -0.4 is 10.6 Å². The van der Waals surface area contributed by atoms with Gasteiger partial charge in [0.05, 0.1) is 0 Å². The van der Waals surface area contributed by atoms with Crippen LogP contribution >= 0.6 is 0 Å². The molecule has 0 aliphatic rings. The number of rotatable bonds is 8. The van der Waals surface area contributed by atoms with Gasteiger partial charge in [-0.15, -0.1) is 0 Å². The Labute approximate surface area is 103 Å². The summed E-state index contributed by atoms with van der Waals surface area (Å²) >= 11 is 0. The molecule has 1 amide bonds. The smallest absolute Gasteiger partial charge is 0.219 e. The maximum Gasteiger partial charge on any atom is 0.219 e. The third kappa shape index (κ3) is 6.68. The summed E-state index contributed by atoms with van der Waals surface area (Å²) in [4.78, 5) is 15.2. The molecule has 0 fully saturated rings. The number of nitrogens with one attached hydrogen (secondary N) is 2. The first-order valence-electron chi connectivity index (χ1n) is 6.19. The number of hydrogen-bond donors (Lipinski definition) is 2. The predicted molar refractivity (Wildman–Crippen MR) is 68.5 cm³/mol. The van der Waals surface area contributed by atoms with Crippen molar-refractivity contribution in [1.29, 1.82) is 0 Å². The molecule has 17 heavy (non-hydrogen) atoms. The molecule has 4 nitrogen and oxygen atoms in total. The van der Waals surface area contributed by atoms with Gasteiger partial charge in [0.15, 0.2) is 0 Å². The van der Waals surface area contributed by atoms with Crippen LogP contribution in [0.25, 0.3) is 0 Å². The molecule has 1 aromatic heterocycles. The number of aromatic nitrogens is 1. The predicted octanol–water partition coefficient (Wildman–Crippen LogP) is 1.48. The number of carbonyl (C=O) groups excluding carboxylic acids is 1. The van der Waals surface area contributed by atoms with Crippen LogP contribution in [0.2, 0.25) is 0 Å². The van der Waals surface area contributed by atoms with E-state index in [-0.39, 0.29) is 5.91 Å². The highest BCUT2D eigenvalue weighted by Crippen LogP contribution is 1.93. The largest absolute Gasteiger partial charge is 0.356 e. The first-order chi connectivity index (χ1) is 8.33. The van der Waals surface area contributed by atoms with Crippen molar-refractivity contribution in [2.24, 2.45) is 0 Å². The Bertz CT molecular complexity index is 314. The Morgan fingerprint density at radius 3 is 3.00 bits per heavy atom. The van der Waals surface area contributed by atoms with Crippen molar-refractivity contribution < 1.29 is 4.79 Å². The standard InChI is InChI=1S/C13H21N3O/c1-2-5-13(17)16-9-4-8-15-11-12-6-3-7-14-10-12/h3,6-7,10,15H,2,4-5,8-9,11H2,1H3,(H,16,17). The quantitative estimate of drug-likeness (QED) is 0.671. The van der Waals surface area contributed by atoms with Crippen LogP contribution in [0.3, 0.4) is 0 Å². The number of carbonyl (C=O) groups is 1. The zero-order valence-electron chi connectivity index (χ0n) is 10.4. The third-order valence-electron chi connectivity index (χ3n) is 2.38. The summed E-state index contributed by atoms with van der Waals surface area (Å²) < 4.78 is 0. The topological polar surface area (TPSA) is 54.0 Å². The van der Waals surface area contributed by atoms with Gasteiger partial charge in [0.25, 0.3) is 0 Å². The lowest BCUT2D eigenvalue weighted by molar-refractivity contribution is -0.121. The Balaban J connectivity index is 1.96. The van der Waals surface area contributed by atoms with Gasteiger partial charge >= 0.3 is 0 Å². The average molecular weight is 235 g/mol. The molecule has 0 aliphatic carbocycles. The van der Waals surface area contributed by atoms with E-state index in [1.165, 1.54) is 5.56 Å². The van der Waals surface area contributed by atoms with E-state index in [9.17, 15) is 4.79 Å². The summed E-state index contributed by atoms with van der Waals surface area (Å²) in [5.74, 6) is 0.153. The second-order valence-electron chi connectivity index (χ2n) is 3.99. The fourth-order valence-electron chi connectivity index (χ4n) is 1.49. The van der Waals surface area contributed by atoms with Crippen LogP contribution in [0.1, 0.15) is 31.7 Å². The molecule has 1 aromatic rings. The minimum atomic E-state index is 0.153. The van der Waals surface area contributed by atoms with E-state index in [1.54, 1.807) is 6.20 Å². The first-order valence-corrected chi connectivity index (χ1v) is 6.19. The van der Waals surface area contributed by atoms with Crippen LogP contribution in [-0.2, 0) is 11.3 Å². The second-order valence-corrected chi connectivity index (χ2v) is 3.99. The summed E-state index contributed by atoms with van der Waals surface area (Å²) in [6.07, 6.45) is 6.12. The first kappa shape index (κ1) is 13.6. The lowest BCUT2D eigenvalue weighted by Gasteiger charge is -2.06. The van der Waals surface area contributed by atoms with Crippen LogP contribution in [0.15, 0.2) is 24.5 Å². The zero-order valence-corrected chi connectivity index (χ0v) is 10.4. The van der Waals surface area contributed by atoms with Crippen molar-refractivity contribution >= 4 is 5.91 Å². The molecular formula is C13H21N3O. The zero-order chi connectivity index (χ0) is 12.3. The Morgan fingerprint density at radius 1 is 1.41 bits per heavy atom. The summed E-state index contributed by atoms with van der Waals surface area (Å²) in [5, 5.41) is 6.21. The summed E-state index contributed by atoms with van der Waals surface area (Å²) in [5.41, 5.74) is 1.18. The summed E-state index contributed by atoms with van der Waals surface area (Å²) in [6, 6.07) is 3.98. The fraction of sp³-hybridized carbons (Fsp3) is 0.538. The van der Waals surface area contributed by atoms with Gasteiger partial charge in [-0.3, -0.25) is 9.78 Å². The van der Waals surface area contributed by atoms with E-state index in [0.29, 0.717) is 6.42 Å². The Morgan fingerprint density at radius 2 is 2.29 bits per heavy atom. The molecule has 0 saturated heterocycles. The molecule has 1 rings (SSSR count). The molecular weight excluding hydrogens is 214 g/mol. The summed E-state index contributed by atoms with van der Waals surface area (Å²) in [7, 11) is 0. The highest BCUT2D eigenvalue weighted by Gasteiger charge is 1.97. The highest BCUT2D eigenvalue weighted by molar-refractivity contribution is 5.75. The lowest BCUT2D eigenvalue weighted by atomic mass is 10.3. The second kappa shape index (κ2) is 8.70. The monoisotopic (exact) mass is 235 g/mol. The van der Waals surface area contributed by atoms with Crippen molar-refractivity contribution in [3.63, 3.8) is 0 Å².